The third-order valence-corrected chi connectivity index (χ3v) is 6.76. The number of imide groups is 1. The molecule has 220 valence electrons. The molecule has 1 aliphatic heterocycles. The van der Waals surface area contributed by atoms with Crippen LogP contribution in [-0.2, 0) is 24.6 Å². The Bertz CT molecular complexity index is 1290. The summed E-state index contributed by atoms with van der Waals surface area (Å²) in [5.41, 5.74) is 3.85. The van der Waals surface area contributed by atoms with Crippen molar-refractivity contribution in [3.8, 4) is 0 Å². The van der Waals surface area contributed by atoms with Crippen molar-refractivity contribution in [1.82, 2.24) is 10.3 Å². The second-order valence-electron chi connectivity index (χ2n) is 13.3. The highest BCUT2D eigenvalue weighted by atomic mass is 16.2. The van der Waals surface area contributed by atoms with Gasteiger partial charge >= 0.3 is 0 Å². The van der Waals surface area contributed by atoms with Crippen LogP contribution in [0.5, 0.6) is 0 Å². The minimum atomic E-state index is -0.251. The van der Waals surface area contributed by atoms with Gasteiger partial charge < -0.3 is 4.98 Å². The molecule has 1 aromatic heterocycles. The van der Waals surface area contributed by atoms with Crippen LogP contribution in [0, 0.1) is 10.8 Å². The van der Waals surface area contributed by atoms with E-state index in [0.29, 0.717) is 24.8 Å². The molecule has 4 rings (SSSR count). The lowest BCUT2D eigenvalue weighted by Crippen LogP contribution is -2.38. The molecule has 7 heteroatoms. The number of hydrogen-bond donors (Lipinski definition) is 2. The monoisotopic (exact) mass is 552 g/mol. The molecule has 0 bridgehead atoms. The molecular formula is C33H48N2O5. The van der Waals surface area contributed by atoms with Crippen LogP contribution in [0.15, 0.2) is 57.6 Å². The fourth-order valence-corrected chi connectivity index (χ4v) is 4.64. The Morgan fingerprint density at radius 2 is 1.35 bits per heavy atom. The summed E-state index contributed by atoms with van der Waals surface area (Å²) >= 11 is 0. The van der Waals surface area contributed by atoms with Gasteiger partial charge in [-0.2, -0.15) is 0 Å². The Morgan fingerprint density at radius 3 is 1.82 bits per heavy atom. The molecule has 0 unspecified atom stereocenters. The zero-order chi connectivity index (χ0) is 29.8. The summed E-state index contributed by atoms with van der Waals surface area (Å²) in [6, 6.07) is 3.71. The second kappa shape index (κ2) is 13.3. The highest BCUT2D eigenvalue weighted by Gasteiger charge is 2.32. The standard InChI is InChI=1S/C14H18O2.C9H13NO2.C9H13NO.CH4/c1-14(2,3)11-8-10-9(7-13(11)16)5-4-6-12(10)15;1-9(2,3)6-4-5-7(11)10-8(6)12;1-9(2,3)7-5-4-6-10-8(7)11;/h8H,4-7H2,1-3H3;4H,5H2,1-3H3,(H,10,11,12);4-6H,1-3H3,(H,10,11);1H4. The fraction of sp³-hybridized carbons (Fsp3) is 0.545. The lowest BCUT2D eigenvalue weighted by atomic mass is 9.74. The molecule has 0 radical (unpaired) electrons. The molecule has 2 heterocycles. The highest BCUT2D eigenvalue weighted by Crippen LogP contribution is 2.37. The van der Waals surface area contributed by atoms with Gasteiger partial charge in [0.25, 0.3) is 11.5 Å². The fourth-order valence-electron chi connectivity index (χ4n) is 4.64. The predicted molar refractivity (Wildman–Crippen MR) is 161 cm³/mol. The third kappa shape index (κ3) is 9.39. The van der Waals surface area contributed by atoms with Crippen LogP contribution in [0.25, 0.3) is 0 Å². The van der Waals surface area contributed by atoms with E-state index in [1.807, 2.05) is 80.5 Å². The van der Waals surface area contributed by atoms with Gasteiger partial charge in [-0.05, 0) is 41.2 Å². The topological polar surface area (TPSA) is 113 Å². The van der Waals surface area contributed by atoms with Gasteiger partial charge in [0.05, 0.1) is 0 Å². The molecular weight excluding hydrogens is 504 g/mol. The lowest BCUT2D eigenvalue weighted by molar-refractivity contribution is -0.129. The average molecular weight is 553 g/mol. The molecule has 0 atom stereocenters. The highest BCUT2D eigenvalue weighted by molar-refractivity contribution is 6.08. The van der Waals surface area contributed by atoms with Crippen LogP contribution in [0.1, 0.15) is 107 Å². The van der Waals surface area contributed by atoms with E-state index in [2.05, 4.69) is 10.3 Å². The summed E-state index contributed by atoms with van der Waals surface area (Å²) in [6.07, 6.45) is 8.45. The number of Topliss-reactive ketones (excluding diaryl/α,β-unsaturated/α-hetero) is 2. The second-order valence-corrected chi connectivity index (χ2v) is 13.3. The number of ketones is 2. The van der Waals surface area contributed by atoms with E-state index in [-0.39, 0.29) is 52.6 Å². The number of carbonyl (C=O) groups excluding carboxylic acids is 4. The van der Waals surface area contributed by atoms with Gasteiger partial charge in [0.15, 0.2) is 11.6 Å². The molecule has 40 heavy (non-hydrogen) atoms. The minimum Gasteiger partial charge on any atom is -0.329 e. The molecule has 1 aromatic rings. The van der Waals surface area contributed by atoms with Crippen molar-refractivity contribution in [2.24, 2.45) is 10.8 Å². The molecule has 3 aliphatic rings. The van der Waals surface area contributed by atoms with E-state index in [4.69, 9.17) is 0 Å². The number of rotatable bonds is 0. The molecule has 2 aliphatic carbocycles. The summed E-state index contributed by atoms with van der Waals surface area (Å²) in [5.74, 6) is -0.0526. The number of allylic oxidation sites excluding steroid dienone is 4. The molecule has 7 nitrogen and oxygen atoms in total. The van der Waals surface area contributed by atoms with Gasteiger partial charge in [-0.1, -0.05) is 87.5 Å². The number of hydrogen-bond acceptors (Lipinski definition) is 5. The average Bonchev–Trinajstić information content (AvgIpc) is 2.77. The third-order valence-electron chi connectivity index (χ3n) is 6.76. The van der Waals surface area contributed by atoms with Gasteiger partial charge in [-0.25, -0.2) is 0 Å². The maximum atomic E-state index is 12.0. The number of aromatic nitrogens is 1. The van der Waals surface area contributed by atoms with Crippen molar-refractivity contribution in [2.75, 3.05) is 0 Å². The maximum Gasteiger partial charge on any atom is 0.253 e. The van der Waals surface area contributed by atoms with Crippen molar-refractivity contribution in [3.05, 3.63) is 68.7 Å². The maximum absolute atomic E-state index is 12.0. The number of aromatic amines is 1. The van der Waals surface area contributed by atoms with Crippen molar-refractivity contribution >= 4 is 23.4 Å². The first-order valence-corrected chi connectivity index (χ1v) is 13.6. The predicted octanol–water partition coefficient (Wildman–Crippen LogP) is 6.30. The number of amides is 2. The molecule has 0 aromatic carbocycles. The van der Waals surface area contributed by atoms with E-state index >= 15 is 0 Å². The normalized spacial score (nSPS) is 17.6. The van der Waals surface area contributed by atoms with Crippen molar-refractivity contribution in [3.63, 3.8) is 0 Å². The zero-order valence-electron chi connectivity index (χ0n) is 25.0. The first-order chi connectivity index (χ1) is 17.8. The van der Waals surface area contributed by atoms with Crippen LogP contribution in [0.4, 0.5) is 0 Å². The smallest absolute Gasteiger partial charge is 0.253 e. The number of H-pyrrole nitrogens is 1. The van der Waals surface area contributed by atoms with Crippen LogP contribution < -0.4 is 10.9 Å². The summed E-state index contributed by atoms with van der Waals surface area (Å²) in [6.45, 7) is 18.0. The van der Waals surface area contributed by atoms with Crippen molar-refractivity contribution in [2.45, 2.75) is 107 Å². The summed E-state index contributed by atoms with van der Waals surface area (Å²) in [7, 11) is 0. The quantitative estimate of drug-likeness (QED) is 0.367. The first kappa shape index (κ1) is 34.7. The molecule has 0 saturated heterocycles. The Morgan fingerprint density at radius 1 is 0.750 bits per heavy atom. The van der Waals surface area contributed by atoms with Gasteiger partial charge in [-0.3, -0.25) is 29.3 Å². The Kier molecular flexibility index (Phi) is 11.6. The van der Waals surface area contributed by atoms with Crippen molar-refractivity contribution < 1.29 is 19.2 Å². The minimum absolute atomic E-state index is 0. The first-order valence-electron chi connectivity index (χ1n) is 13.6. The van der Waals surface area contributed by atoms with E-state index in [1.165, 1.54) is 0 Å². The summed E-state index contributed by atoms with van der Waals surface area (Å²) < 4.78 is 0. The van der Waals surface area contributed by atoms with E-state index < -0.39 is 0 Å². The molecule has 2 N–H and O–H groups in total. The molecule has 0 spiro atoms. The van der Waals surface area contributed by atoms with Gasteiger partial charge in [0, 0.05) is 47.7 Å². The Balaban J connectivity index is 0.000000303. The van der Waals surface area contributed by atoms with Crippen LogP contribution in [0.3, 0.4) is 0 Å². The molecule has 0 saturated carbocycles. The molecule has 0 fully saturated rings. The van der Waals surface area contributed by atoms with Gasteiger partial charge in [0.1, 0.15) is 0 Å². The molecule has 2 amide bonds. The van der Waals surface area contributed by atoms with Crippen LogP contribution in [0.2, 0.25) is 0 Å². The van der Waals surface area contributed by atoms with Crippen molar-refractivity contribution in [1.29, 1.82) is 0 Å². The summed E-state index contributed by atoms with van der Waals surface area (Å²) in [5, 5.41) is 2.29. The lowest BCUT2D eigenvalue weighted by Gasteiger charge is -2.28. The van der Waals surface area contributed by atoms with Gasteiger partial charge in [0.2, 0.25) is 5.91 Å². The number of nitrogens with one attached hydrogen (secondary N) is 2. The number of carbonyl (C=O) groups is 4. The Labute approximate surface area is 239 Å². The zero-order valence-corrected chi connectivity index (χ0v) is 25.0. The summed E-state index contributed by atoms with van der Waals surface area (Å²) in [4.78, 5) is 59.7. The van der Waals surface area contributed by atoms with Crippen LogP contribution in [-0.4, -0.2) is 28.4 Å². The van der Waals surface area contributed by atoms with Gasteiger partial charge in [-0.15, -0.1) is 0 Å². The Hall–Kier alpha value is -3.35. The largest absolute Gasteiger partial charge is 0.329 e. The number of pyridine rings is 1. The SMILES string of the molecule is C.CC(C)(C)C1=CC2=C(CCCC2=O)CC1=O.CC(C)(C)C1=CCC(=O)NC1=O.CC(C)(C)c1ccc[nH]c1=O. The van der Waals surface area contributed by atoms with E-state index in [9.17, 15) is 24.0 Å². The van der Waals surface area contributed by atoms with E-state index in [0.717, 1.165) is 35.1 Å². The van der Waals surface area contributed by atoms with E-state index in [1.54, 1.807) is 12.3 Å². The van der Waals surface area contributed by atoms with Crippen LogP contribution >= 0.6 is 0 Å².